The summed E-state index contributed by atoms with van der Waals surface area (Å²) in [5.41, 5.74) is 2.82. The van der Waals surface area contributed by atoms with E-state index in [4.69, 9.17) is 0 Å². The Labute approximate surface area is 147 Å². The van der Waals surface area contributed by atoms with E-state index in [-0.39, 0.29) is 5.91 Å². The Balaban J connectivity index is 1.64. The van der Waals surface area contributed by atoms with Crippen molar-refractivity contribution in [3.8, 4) is 0 Å². The van der Waals surface area contributed by atoms with E-state index in [2.05, 4.69) is 37.0 Å². The molecule has 2 aromatic heterocycles. The Morgan fingerprint density at radius 2 is 2.08 bits per heavy atom. The molecular formula is C17H16BrN5O. The number of amides is 1. The summed E-state index contributed by atoms with van der Waals surface area (Å²) in [7, 11) is 1.85. The molecule has 3 aromatic rings. The third-order valence-corrected chi connectivity index (χ3v) is 4.74. The highest BCUT2D eigenvalue weighted by Crippen LogP contribution is 2.29. The molecule has 1 aliphatic rings. The second kappa shape index (κ2) is 5.90. The van der Waals surface area contributed by atoms with E-state index in [1.165, 1.54) is 0 Å². The van der Waals surface area contributed by atoms with Crippen LogP contribution in [0.1, 0.15) is 0 Å². The predicted octanol–water partition coefficient (Wildman–Crippen LogP) is 2.58. The van der Waals surface area contributed by atoms with Crippen molar-refractivity contribution in [1.29, 1.82) is 0 Å². The van der Waals surface area contributed by atoms with Gasteiger partial charge in [0.25, 0.3) is 0 Å². The maximum Gasteiger partial charge on any atom is 0.246 e. The molecule has 1 aliphatic heterocycles. The third-order valence-electron chi connectivity index (χ3n) is 4.24. The summed E-state index contributed by atoms with van der Waals surface area (Å²) in [5, 5.41) is 5.20. The molecular weight excluding hydrogens is 370 g/mol. The van der Waals surface area contributed by atoms with Gasteiger partial charge in [-0.1, -0.05) is 15.9 Å². The van der Waals surface area contributed by atoms with E-state index >= 15 is 0 Å². The van der Waals surface area contributed by atoms with Gasteiger partial charge in [-0.2, -0.15) is 5.10 Å². The van der Waals surface area contributed by atoms with Gasteiger partial charge >= 0.3 is 0 Å². The minimum Gasteiger partial charge on any atom is -0.360 e. The van der Waals surface area contributed by atoms with E-state index in [0.717, 1.165) is 33.3 Å². The summed E-state index contributed by atoms with van der Waals surface area (Å²) in [6.45, 7) is 1.76. The SMILES string of the molecule is Cn1cc(N2CCN(c3ccnc4ccc(Br)cc34)CC2=O)cn1. The fraction of sp³-hybridized carbons (Fsp3) is 0.235. The highest BCUT2D eigenvalue weighted by Gasteiger charge is 2.26. The van der Waals surface area contributed by atoms with Crippen LogP contribution >= 0.6 is 15.9 Å². The lowest BCUT2D eigenvalue weighted by Gasteiger charge is -2.35. The average Bonchev–Trinajstić information content (AvgIpc) is 3.00. The van der Waals surface area contributed by atoms with Crippen LogP contribution in [0, 0.1) is 0 Å². The molecule has 0 bridgehead atoms. The molecule has 122 valence electrons. The summed E-state index contributed by atoms with van der Waals surface area (Å²) < 4.78 is 2.72. The van der Waals surface area contributed by atoms with Crippen molar-refractivity contribution in [3.05, 3.63) is 47.3 Å². The number of carbonyl (C=O) groups is 1. The van der Waals surface area contributed by atoms with Crippen LogP contribution in [-0.2, 0) is 11.8 Å². The lowest BCUT2D eigenvalue weighted by Crippen LogP contribution is -2.50. The third kappa shape index (κ3) is 2.65. The Morgan fingerprint density at radius 1 is 1.21 bits per heavy atom. The first kappa shape index (κ1) is 15.1. The molecule has 1 fully saturated rings. The number of nitrogens with zero attached hydrogens (tertiary/aromatic N) is 5. The van der Waals surface area contributed by atoms with Gasteiger partial charge < -0.3 is 9.80 Å². The lowest BCUT2D eigenvalue weighted by molar-refractivity contribution is -0.117. The van der Waals surface area contributed by atoms with E-state index in [1.54, 1.807) is 22.0 Å². The number of benzene rings is 1. The van der Waals surface area contributed by atoms with Gasteiger partial charge in [0.15, 0.2) is 0 Å². The molecule has 0 aliphatic carbocycles. The number of anilines is 2. The Kier molecular flexibility index (Phi) is 3.72. The number of piperazine rings is 1. The molecule has 3 heterocycles. The smallest absolute Gasteiger partial charge is 0.246 e. The Hall–Kier alpha value is -2.41. The molecule has 0 radical (unpaired) electrons. The zero-order chi connectivity index (χ0) is 16.7. The normalized spacial score (nSPS) is 15.3. The number of fused-ring (bicyclic) bond motifs is 1. The minimum absolute atomic E-state index is 0.0780. The number of hydrogen-bond acceptors (Lipinski definition) is 4. The molecule has 7 heteroatoms. The summed E-state index contributed by atoms with van der Waals surface area (Å²) in [5.74, 6) is 0.0780. The monoisotopic (exact) mass is 385 g/mol. The van der Waals surface area contributed by atoms with Crippen LogP contribution in [0.25, 0.3) is 10.9 Å². The first-order chi connectivity index (χ1) is 11.6. The number of pyridine rings is 1. The lowest BCUT2D eigenvalue weighted by atomic mass is 10.1. The van der Waals surface area contributed by atoms with Crippen LogP contribution in [0.5, 0.6) is 0 Å². The van der Waals surface area contributed by atoms with Crippen molar-refractivity contribution in [2.24, 2.45) is 7.05 Å². The minimum atomic E-state index is 0.0780. The van der Waals surface area contributed by atoms with Crippen molar-refractivity contribution < 1.29 is 4.79 Å². The Morgan fingerprint density at radius 3 is 2.83 bits per heavy atom. The summed E-state index contributed by atoms with van der Waals surface area (Å²) in [6, 6.07) is 7.98. The molecule has 1 aromatic carbocycles. The number of aromatic nitrogens is 3. The predicted molar refractivity (Wildman–Crippen MR) is 97.2 cm³/mol. The van der Waals surface area contributed by atoms with Crippen molar-refractivity contribution >= 4 is 44.1 Å². The average molecular weight is 386 g/mol. The van der Waals surface area contributed by atoms with Crippen LogP contribution in [0.3, 0.4) is 0 Å². The largest absolute Gasteiger partial charge is 0.360 e. The fourth-order valence-corrected chi connectivity index (χ4v) is 3.44. The van der Waals surface area contributed by atoms with E-state index < -0.39 is 0 Å². The molecule has 1 saturated heterocycles. The number of carbonyl (C=O) groups excluding carboxylic acids is 1. The van der Waals surface area contributed by atoms with Gasteiger partial charge in [-0.05, 0) is 24.3 Å². The number of rotatable bonds is 2. The van der Waals surface area contributed by atoms with Crippen LogP contribution in [0.15, 0.2) is 47.3 Å². The molecule has 24 heavy (non-hydrogen) atoms. The standard InChI is InChI=1S/C17H16BrN5O/c1-21-10-13(9-20-21)23-7-6-22(11-17(23)24)16-4-5-19-15-3-2-12(18)8-14(15)16/h2-5,8-10H,6-7,11H2,1H3. The van der Waals surface area contributed by atoms with E-state index in [1.807, 2.05) is 31.4 Å². The van der Waals surface area contributed by atoms with Crippen molar-refractivity contribution in [2.75, 3.05) is 29.4 Å². The van der Waals surface area contributed by atoms with E-state index in [9.17, 15) is 4.79 Å². The first-order valence-electron chi connectivity index (χ1n) is 7.70. The highest BCUT2D eigenvalue weighted by molar-refractivity contribution is 9.10. The first-order valence-corrected chi connectivity index (χ1v) is 8.49. The fourth-order valence-electron chi connectivity index (χ4n) is 3.08. The zero-order valence-electron chi connectivity index (χ0n) is 13.2. The molecule has 0 saturated carbocycles. The van der Waals surface area contributed by atoms with Gasteiger partial charge in [0, 0.05) is 48.1 Å². The zero-order valence-corrected chi connectivity index (χ0v) is 14.8. The molecule has 0 N–H and O–H groups in total. The summed E-state index contributed by atoms with van der Waals surface area (Å²) >= 11 is 3.51. The van der Waals surface area contributed by atoms with Crippen molar-refractivity contribution in [3.63, 3.8) is 0 Å². The quantitative estimate of drug-likeness (QED) is 0.680. The van der Waals surface area contributed by atoms with Crippen molar-refractivity contribution in [2.45, 2.75) is 0 Å². The maximum atomic E-state index is 12.6. The molecule has 6 nitrogen and oxygen atoms in total. The van der Waals surface area contributed by atoms with Gasteiger partial charge in [0.05, 0.1) is 23.9 Å². The second-order valence-corrected chi connectivity index (χ2v) is 6.75. The number of hydrogen-bond donors (Lipinski definition) is 0. The molecule has 4 rings (SSSR count). The van der Waals surface area contributed by atoms with Gasteiger partial charge in [0.2, 0.25) is 5.91 Å². The number of halogens is 1. The summed E-state index contributed by atoms with van der Waals surface area (Å²) in [4.78, 5) is 20.9. The topological polar surface area (TPSA) is 54.3 Å². The highest BCUT2D eigenvalue weighted by atomic mass is 79.9. The molecule has 1 amide bonds. The van der Waals surface area contributed by atoms with Gasteiger partial charge in [-0.25, -0.2) is 0 Å². The number of aryl methyl sites for hydroxylation is 1. The second-order valence-electron chi connectivity index (χ2n) is 5.83. The van der Waals surface area contributed by atoms with Crippen molar-refractivity contribution in [1.82, 2.24) is 14.8 Å². The van der Waals surface area contributed by atoms with Crippen LogP contribution in [-0.4, -0.2) is 40.3 Å². The maximum absolute atomic E-state index is 12.6. The van der Waals surface area contributed by atoms with Crippen LogP contribution in [0.4, 0.5) is 11.4 Å². The molecule has 0 atom stereocenters. The van der Waals surface area contributed by atoms with Gasteiger partial charge in [0.1, 0.15) is 0 Å². The molecule has 0 unspecified atom stereocenters. The Bertz CT molecular complexity index is 922. The van der Waals surface area contributed by atoms with Gasteiger partial charge in [-0.3, -0.25) is 14.5 Å². The van der Waals surface area contributed by atoms with E-state index in [0.29, 0.717) is 13.1 Å². The van der Waals surface area contributed by atoms with Crippen LogP contribution in [0.2, 0.25) is 0 Å². The van der Waals surface area contributed by atoms with Gasteiger partial charge in [-0.15, -0.1) is 0 Å². The summed E-state index contributed by atoms with van der Waals surface area (Å²) in [6.07, 6.45) is 5.39. The van der Waals surface area contributed by atoms with Crippen LogP contribution < -0.4 is 9.80 Å². The molecule has 0 spiro atoms.